The van der Waals surface area contributed by atoms with Crippen molar-refractivity contribution in [2.45, 2.75) is 6.54 Å². The number of rotatable bonds is 6. The standard InChI is InChI=1S/C24H25ClFN7O2S/c1-30-6-11-33(24(30)35)17-13-16(28-20(14-17)29-23-27-5-12-36-23)15-31-7-9-32(10-8-31)22(34)18-3-2-4-19(25)21(18)26/h2-5,12-14H,6-11,15H2,1H3,(H,27,28,29). The number of hydrogen-bond acceptors (Lipinski definition) is 7. The number of hydrogen-bond donors (Lipinski definition) is 1. The Morgan fingerprint density at radius 1 is 1.17 bits per heavy atom. The summed E-state index contributed by atoms with van der Waals surface area (Å²) in [5.41, 5.74) is 1.57. The number of nitrogens with zero attached hydrogens (tertiary/aromatic N) is 6. The van der Waals surface area contributed by atoms with Crippen LogP contribution >= 0.6 is 22.9 Å². The van der Waals surface area contributed by atoms with Crippen molar-refractivity contribution in [2.75, 3.05) is 56.5 Å². The van der Waals surface area contributed by atoms with Gasteiger partial charge in [0, 0.05) is 70.5 Å². The van der Waals surface area contributed by atoms with Gasteiger partial charge in [0.15, 0.2) is 10.9 Å². The predicted molar refractivity (Wildman–Crippen MR) is 138 cm³/mol. The molecule has 0 atom stereocenters. The number of thiazole rings is 1. The second-order valence-electron chi connectivity index (χ2n) is 8.69. The number of pyridine rings is 1. The summed E-state index contributed by atoms with van der Waals surface area (Å²) in [5.74, 6) is -0.429. The molecule has 2 aliphatic rings. The molecule has 1 aromatic carbocycles. The van der Waals surface area contributed by atoms with Crippen molar-refractivity contribution < 1.29 is 14.0 Å². The molecule has 2 aromatic heterocycles. The lowest BCUT2D eigenvalue weighted by molar-refractivity contribution is 0.0622. The molecule has 2 aliphatic heterocycles. The fourth-order valence-electron chi connectivity index (χ4n) is 4.33. The van der Waals surface area contributed by atoms with Gasteiger partial charge in [-0.25, -0.2) is 19.2 Å². The van der Waals surface area contributed by atoms with Crippen molar-refractivity contribution in [1.82, 2.24) is 24.7 Å². The van der Waals surface area contributed by atoms with Gasteiger partial charge in [-0.1, -0.05) is 17.7 Å². The fourth-order valence-corrected chi connectivity index (χ4v) is 5.04. The van der Waals surface area contributed by atoms with E-state index in [0.717, 1.165) is 16.5 Å². The minimum Gasteiger partial charge on any atom is -0.336 e. The number of carbonyl (C=O) groups is 2. The van der Waals surface area contributed by atoms with Crippen LogP contribution < -0.4 is 10.2 Å². The molecule has 2 fully saturated rings. The van der Waals surface area contributed by atoms with Crippen molar-refractivity contribution in [3.8, 4) is 0 Å². The van der Waals surface area contributed by atoms with E-state index in [1.54, 1.807) is 34.0 Å². The second kappa shape index (κ2) is 10.4. The number of carbonyl (C=O) groups excluding carboxylic acids is 2. The maximum Gasteiger partial charge on any atom is 0.324 e. The number of aromatic nitrogens is 2. The zero-order chi connectivity index (χ0) is 25.2. The van der Waals surface area contributed by atoms with Gasteiger partial charge in [0.1, 0.15) is 5.82 Å². The van der Waals surface area contributed by atoms with E-state index >= 15 is 0 Å². The van der Waals surface area contributed by atoms with Crippen LogP contribution in [-0.2, 0) is 6.54 Å². The number of urea groups is 1. The van der Waals surface area contributed by atoms with Crippen LogP contribution in [0.25, 0.3) is 0 Å². The molecule has 0 unspecified atom stereocenters. The molecule has 1 N–H and O–H groups in total. The van der Waals surface area contributed by atoms with Gasteiger partial charge in [-0.05, 0) is 18.2 Å². The molecule has 0 spiro atoms. The average Bonchev–Trinajstić information content (AvgIpc) is 3.50. The molecule has 9 nitrogen and oxygen atoms in total. The number of anilines is 3. The van der Waals surface area contributed by atoms with Crippen LogP contribution in [0.2, 0.25) is 5.02 Å². The van der Waals surface area contributed by atoms with Crippen LogP contribution in [-0.4, -0.2) is 82.9 Å². The summed E-state index contributed by atoms with van der Waals surface area (Å²) in [6.07, 6.45) is 1.72. The molecule has 4 heterocycles. The summed E-state index contributed by atoms with van der Waals surface area (Å²) in [5, 5.41) is 5.76. The third-order valence-electron chi connectivity index (χ3n) is 6.29. The highest BCUT2D eigenvalue weighted by Gasteiger charge is 2.28. The molecule has 12 heteroatoms. The summed E-state index contributed by atoms with van der Waals surface area (Å²) in [6.45, 7) is 3.96. The largest absolute Gasteiger partial charge is 0.336 e. The molecule has 0 aliphatic carbocycles. The average molecular weight is 530 g/mol. The van der Waals surface area contributed by atoms with Gasteiger partial charge in [-0.3, -0.25) is 14.6 Å². The Bertz CT molecular complexity index is 1270. The molecular weight excluding hydrogens is 505 g/mol. The van der Waals surface area contributed by atoms with E-state index in [4.69, 9.17) is 16.6 Å². The molecule has 0 saturated carbocycles. The van der Waals surface area contributed by atoms with E-state index < -0.39 is 5.82 Å². The van der Waals surface area contributed by atoms with E-state index in [1.807, 2.05) is 17.5 Å². The van der Waals surface area contributed by atoms with Crippen LogP contribution in [0.4, 0.5) is 25.8 Å². The first-order valence-corrected chi connectivity index (χ1v) is 12.8. The minimum atomic E-state index is -0.685. The van der Waals surface area contributed by atoms with Crippen molar-refractivity contribution in [3.63, 3.8) is 0 Å². The Balaban J connectivity index is 1.29. The molecule has 5 rings (SSSR count). The topological polar surface area (TPSA) is 84.9 Å². The quantitative estimate of drug-likeness (QED) is 0.521. The maximum absolute atomic E-state index is 14.3. The third kappa shape index (κ3) is 5.13. The highest BCUT2D eigenvalue weighted by atomic mass is 35.5. The van der Waals surface area contributed by atoms with Gasteiger partial charge in [0.2, 0.25) is 0 Å². The Kier molecular flexibility index (Phi) is 7.04. The number of piperazine rings is 1. The zero-order valence-corrected chi connectivity index (χ0v) is 21.2. The molecule has 3 aromatic rings. The molecule has 2 saturated heterocycles. The van der Waals surface area contributed by atoms with E-state index in [9.17, 15) is 14.0 Å². The summed E-state index contributed by atoms with van der Waals surface area (Å²) in [4.78, 5) is 41.7. The minimum absolute atomic E-state index is 0.0107. The van der Waals surface area contributed by atoms with Crippen molar-refractivity contribution >= 4 is 51.5 Å². The maximum atomic E-state index is 14.3. The van der Waals surface area contributed by atoms with Gasteiger partial charge in [0.25, 0.3) is 5.91 Å². The second-order valence-corrected chi connectivity index (χ2v) is 9.99. The Morgan fingerprint density at radius 2 is 1.97 bits per heavy atom. The summed E-state index contributed by atoms with van der Waals surface area (Å²) in [6, 6.07) is 8.21. The Labute approximate surface area is 217 Å². The van der Waals surface area contributed by atoms with E-state index in [0.29, 0.717) is 51.6 Å². The molecule has 36 heavy (non-hydrogen) atoms. The lowest BCUT2D eigenvalue weighted by atomic mass is 10.1. The Morgan fingerprint density at radius 3 is 2.67 bits per heavy atom. The van der Waals surface area contributed by atoms with E-state index in [2.05, 4.69) is 15.2 Å². The van der Waals surface area contributed by atoms with Gasteiger partial charge in [-0.2, -0.15) is 0 Å². The predicted octanol–water partition coefficient (Wildman–Crippen LogP) is 3.90. The first kappa shape index (κ1) is 24.4. The van der Waals surface area contributed by atoms with Crippen molar-refractivity contribution in [1.29, 1.82) is 0 Å². The number of halogens is 2. The zero-order valence-electron chi connectivity index (χ0n) is 19.7. The summed E-state index contributed by atoms with van der Waals surface area (Å²) in [7, 11) is 1.79. The normalized spacial score (nSPS) is 16.6. The van der Waals surface area contributed by atoms with Crippen molar-refractivity contribution in [2.24, 2.45) is 0 Å². The molecule has 0 bridgehead atoms. The van der Waals surface area contributed by atoms with Crippen LogP contribution in [0, 0.1) is 5.82 Å². The monoisotopic (exact) mass is 529 g/mol. The molecule has 0 radical (unpaired) electrons. The number of nitrogens with one attached hydrogen (secondary N) is 1. The first-order valence-electron chi connectivity index (χ1n) is 11.5. The SMILES string of the molecule is CN1CCN(c2cc(CN3CCN(C(=O)c4cccc(Cl)c4F)CC3)nc(Nc3nccs3)c2)C1=O. The van der Waals surface area contributed by atoms with Gasteiger partial charge >= 0.3 is 6.03 Å². The highest BCUT2D eigenvalue weighted by Crippen LogP contribution is 2.27. The first-order chi connectivity index (χ1) is 17.4. The number of amides is 3. The lowest BCUT2D eigenvalue weighted by Crippen LogP contribution is -2.48. The van der Waals surface area contributed by atoms with Gasteiger partial charge < -0.3 is 15.1 Å². The van der Waals surface area contributed by atoms with Crippen LogP contribution in [0.15, 0.2) is 41.9 Å². The summed E-state index contributed by atoms with van der Waals surface area (Å²) < 4.78 is 14.3. The number of benzene rings is 1. The highest BCUT2D eigenvalue weighted by molar-refractivity contribution is 7.13. The molecule has 188 valence electrons. The third-order valence-corrected chi connectivity index (χ3v) is 7.27. The van der Waals surface area contributed by atoms with Crippen molar-refractivity contribution in [3.05, 3.63) is 64.0 Å². The van der Waals surface area contributed by atoms with E-state index in [1.165, 1.54) is 23.5 Å². The van der Waals surface area contributed by atoms with Crippen LogP contribution in [0.1, 0.15) is 16.1 Å². The lowest BCUT2D eigenvalue weighted by Gasteiger charge is -2.34. The number of likely N-dealkylation sites (N-methyl/N-ethyl adjacent to an activating group) is 1. The molecule has 3 amide bonds. The van der Waals surface area contributed by atoms with Crippen LogP contribution in [0.5, 0.6) is 0 Å². The fraction of sp³-hybridized carbons (Fsp3) is 0.333. The Hall–Kier alpha value is -3.28. The van der Waals surface area contributed by atoms with E-state index in [-0.39, 0.29) is 22.5 Å². The summed E-state index contributed by atoms with van der Waals surface area (Å²) >= 11 is 7.32. The van der Waals surface area contributed by atoms with Crippen LogP contribution in [0.3, 0.4) is 0 Å². The van der Waals surface area contributed by atoms with Gasteiger partial charge in [-0.15, -0.1) is 11.3 Å². The molecular formula is C24H25ClFN7O2S. The van der Waals surface area contributed by atoms with Gasteiger partial charge in [0.05, 0.1) is 22.0 Å². The smallest absolute Gasteiger partial charge is 0.324 e.